The number of benzene rings is 1. The van der Waals surface area contributed by atoms with Crippen molar-refractivity contribution in [3.05, 3.63) is 24.3 Å². The van der Waals surface area contributed by atoms with E-state index in [1.54, 1.807) is 7.11 Å². The maximum absolute atomic E-state index is 10.4. The van der Waals surface area contributed by atoms with Crippen molar-refractivity contribution in [2.45, 2.75) is 25.7 Å². The molecule has 0 aromatic heterocycles. The zero-order valence-corrected chi connectivity index (χ0v) is 11.1. The summed E-state index contributed by atoms with van der Waals surface area (Å²) in [6, 6.07) is 7.90. The number of anilines is 1. The number of hydrogen-bond acceptors (Lipinski definition) is 3. The molecular weight excluding hydrogens is 230 g/mol. The molecule has 0 amide bonds. The first-order chi connectivity index (χ1) is 8.65. The number of carboxylic acids is 1. The Morgan fingerprint density at radius 3 is 2.67 bits per heavy atom. The van der Waals surface area contributed by atoms with Crippen molar-refractivity contribution in [1.29, 1.82) is 0 Å². The highest BCUT2D eigenvalue weighted by Gasteiger charge is 2.06. The van der Waals surface area contributed by atoms with Gasteiger partial charge in [0.2, 0.25) is 0 Å². The summed E-state index contributed by atoms with van der Waals surface area (Å²) in [5.74, 6) is 0.151. The number of aliphatic carboxylic acids is 1. The van der Waals surface area contributed by atoms with Crippen molar-refractivity contribution in [3.63, 3.8) is 0 Å². The molecule has 100 valence electrons. The molecule has 0 spiro atoms. The lowest BCUT2D eigenvalue weighted by atomic mass is 10.2. The highest BCUT2D eigenvalue weighted by atomic mass is 16.5. The number of unbranched alkanes of at least 4 members (excludes halogenated alkanes) is 2. The van der Waals surface area contributed by atoms with Gasteiger partial charge in [-0.1, -0.05) is 18.6 Å². The van der Waals surface area contributed by atoms with Crippen LogP contribution in [0.25, 0.3) is 0 Å². The molecule has 1 aromatic carbocycles. The molecule has 0 radical (unpaired) electrons. The lowest BCUT2D eigenvalue weighted by molar-refractivity contribution is -0.137. The Kier molecular flexibility index (Phi) is 6.05. The third-order valence-electron chi connectivity index (χ3n) is 2.88. The van der Waals surface area contributed by atoms with Gasteiger partial charge in [0.25, 0.3) is 0 Å². The highest BCUT2D eigenvalue weighted by Crippen LogP contribution is 2.26. The number of hydrogen-bond donors (Lipinski definition) is 1. The van der Waals surface area contributed by atoms with E-state index in [1.165, 1.54) is 0 Å². The van der Waals surface area contributed by atoms with Crippen LogP contribution in [-0.4, -0.2) is 31.8 Å². The second kappa shape index (κ2) is 7.58. The van der Waals surface area contributed by atoms with E-state index in [0.717, 1.165) is 37.2 Å². The van der Waals surface area contributed by atoms with Crippen LogP contribution >= 0.6 is 0 Å². The Bertz CT molecular complexity index is 379. The van der Waals surface area contributed by atoms with E-state index in [9.17, 15) is 4.79 Å². The van der Waals surface area contributed by atoms with Crippen LogP contribution in [0.15, 0.2) is 24.3 Å². The van der Waals surface area contributed by atoms with Gasteiger partial charge in [0.05, 0.1) is 12.8 Å². The van der Waals surface area contributed by atoms with Crippen molar-refractivity contribution in [2.24, 2.45) is 0 Å². The normalized spacial score (nSPS) is 10.1. The number of rotatable bonds is 8. The van der Waals surface area contributed by atoms with Crippen molar-refractivity contribution in [2.75, 3.05) is 25.6 Å². The van der Waals surface area contributed by atoms with E-state index in [0.29, 0.717) is 0 Å². The first kappa shape index (κ1) is 14.4. The summed E-state index contributed by atoms with van der Waals surface area (Å²) in [5.41, 5.74) is 1.07. The molecule has 0 saturated carbocycles. The Morgan fingerprint density at radius 2 is 2.00 bits per heavy atom. The van der Waals surface area contributed by atoms with Crippen molar-refractivity contribution >= 4 is 11.7 Å². The van der Waals surface area contributed by atoms with Gasteiger partial charge >= 0.3 is 5.97 Å². The molecular formula is C14H21NO3. The third-order valence-corrected chi connectivity index (χ3v) is 2.88. The average Bonchev–Trinajstić information content (AvgIpc) is 2.37. The number of carbonyl (C=O) groups is 1. The molecule has 18 heavy (non-hydrogen) atoms. The van der Waals surface area contributed by atoms with Crippen LogP contribution in [0.5, 0.6) is 5.75 Å². The molecule has 0 aliphatic rings. The van der Waals surface area contributed by atoms with Crippen LogP contribution in [0.4, 0.5) is 5.69 Å². The Hall–Kier alpha value is -1.71. The summed E-state index contributed by atoms with van der Waals surface area (Å²) in [5, 5.41) is 8.54. The summed E-state index contributed by atoms with van der Waals surface area (Å²) in [6.07, 6.45) is 2.93. The van der Waals surface area contributed by atoms with Gasteiger partial charge < -0.3 is 14.7 Å². The minimum atomic E-state index is -0.715. The molecule has 0 atom stereocenters. The van der Waals surface area contributed by atoms with Gasteiger partial charge in [-0.05, 0) is 25.0 Å². The molecule has 0 bridgehead atoms. The van der Waals surface area contributed by atoms with Crippen LogP contribution in [-0.2, 0) is 4.79 Å². The predicted molar refractivity (Wildman–Crippen MR) is 72.4 cm³/mol. The first-order valence-corrected chi connectivity index (χ1v) is 6.21. The average molecular weight is 251 g/mol. The molecule has 0 aliphatic heterocycles. The van der Waals surface area contributed by atoms with Crippen molar-refractivity contribution in [1.82, 2.24) is 0 Å². The zero-order valence-electron chi connectivity index (χ0n) is 11.1. The zero-order chi connectivity index (χ0) is 13.4. The van der Waals surface area contributed by atoms with Gasteiger partial charge in [0.1, 0.15) is 5.75 Å². The number of methoxy groups -OCH3 is 1. The van der Waals surface area contributed by atoms with Crippen LogP contribution < -0.4 is 9.64 Å². The van der Waals surface area contributed by atoms with Gasteiger partial charge in [-0.2, -0.15) is 0 Å². The van der Waals surface area contributed by atoms with Gasteiger partial charge in [-0.25, -0.2) is 0 Å². The van der Waals surface area contributed by atoms with Crippen LogP contribution in [0.2, 0.25) is 0 Å². The van der Waals surface area contributed by atoms with E-state index in [1.807, 2.05) is 31.3 Å². The molecule has 1 aromatic rings. The van der Waals surface area contributed by atoms with E-state index < -0.39 is 5.97 Å². The smallest absolute Gasteiger partial charge is 0.303 e. The highest BCUT2D eigenvalue weighted by molar-refractivity contribution is 5.66. The van der Waals surface area contributed by atoms with E-state index in [4.69, 9.17) is 9.84 Å². The molecule has 1 rings (SSSR count). The predicted octanol–water partition coefficient (Wildman–Crippen LogP) is 2.78. The number of nitrogens with zero attached hydrogens (tertiary/aromatic N) is 1. The van der Waals surface area contributed by atoms with E-state index in [2.05, 4.69) is 4.90 Å². The van der Waals surface area contributed by atoms with Crippen LogP contribution in [0, 0.1) is 0 Å². The van der Waals surface area contributed by atoms with Gasteiger partial charge in [-0.3, -0.25) is 4.79 Å². The van der Waals surface area contributed by atoms with E-state index in [-0.39, 0.29) is 6.42 Å². The van der Waals surface area contributed by atoms with Gasteiger partial charge in [0, 0.05) is 20.0 Å². The van der Waals surface area contributed by atoms with Gasteiger partial charge in [-0.15, -0.1) is 0 Å². The second-order valence-electron chi connectivity index (χ2n) is 4.30. The molecule has 4 heteroatoms. The molecule has 4 nitrogen and oxygen atoms in total. The summed E-state index contributed by atoms with van der Waals surface area (Å²) < 4.78 is 5.31. The minimum absolute atomic E-state index is 0.262. The maximum Gasteiger partial charge on any atom is 0.303 e. The lowest BCUT2D eigenvalue weighted by Crippen LogP contribution is -2.19. The number of ether oxygens (including phenoxy) is 1. The Labute approximate surface area is 108 Å². The molecule has 1 N–H and O–H groups in total. The Balaban J connectivity index is 2.36. The van der Waals surface area contributed by atoms with Crippen LogP contribution in [0.1, 0.15) is 25.7 Å². The fourth-order valence-electron chi connectivity index (χ4n) is 1.87. The summed E-state index contributed by atoms with van der Waals surface area (Å²) in [4.78, 5) is 12.5. The van der Waals surface area contributed by atoms with Crippen molar-refractivity contribution < 1.29 is 14.6 Å². The quantitative estimate of drug-likeness (QED) is 0.722. The summed E-state index contributed by atoms with van der Waals surface area (Å²) in [6.45, 7) is 0.903. The van der Waals surface area contributed by atoms with Crippen molar-refractivity contribution in [3.8, 4) is 5.75 Å². The minimum Gasteiger partial charge on any atom is -0.495 e. The lowest BCUT2D eigenvalue weighted by Gasteiger charge is -2.21. The summed E-state index contributed by atoms with van der Waals surface area (Å²) >= 11 is 0. The monoisotopic (exact) mass is 251 g/mol. The molecule has 0 heterocycles. The third kappa shape index (κ3) is 4.65. The number of carboxylic acid groups (broad SMARTS) is 1. The summed E-state index contributed by atoms with van der Waals surface area (Å²) in [7, 11) is 3.69. The van der Waals surface area contributed by atoms with E-state index >= 15 is 0 Å². The first-order valence-electron chi connectivity index (χ1n) is 6.21. The fourth-order valence-corrected chi connectivity index (χ4v) is 1.87. The second-order valence-corrected chi connectivity index (χ2v) is 4.30. The van der Waals surface area contributed by atoms with Crippen LogP contribution in [0.3, 0.4) is 0 Å². The largest absolute Gasteiger partial charge is 0.495 e. The Morgan fingerprint density at radius 1 is 1.28 bits per heavy atom. The molecule has 0 saturated heterocycles. The molecule has 0 fully saturated rings. The molecule has 0 aliphatic carbocycles. The topological polar surface area (TPSA) is 49.8 Å². The molecule has 0 unspecified atom stereocenters. The SMILES string of the molecule is COc1ccccc1N(C)CCCCCC(=O)O. The standard InChI is InChI=1S/C14H21NO3/c1-15(11-7-3-4-10-14(16)17)12-8-5-6-9-13(12)18-2/h5-6,8-9H,3-4,7,10-11H2,1-2H3,(H,16,17). The number of para-hydroxylation sites is 2. The fraction of sp³-hybridized carbons (Fsp3) is 0.500. The van der Waals surface area contributed by atoms with Gasteiger partial charge in [0.15, 0.2) is 0 Å². The maximum atomic E-state index is 10.4.